The van der Waals surface area contributed by atoms with E-state index in [9.17, 15) is 4.79 Å². The lowest BCUT2D eigenvalue weighted by Crippen LogP contribution is -2.18. The van der Waals surface area contributed by atoms with E-state index >= 15 is 0 Å². The van der Waals surface area contributed by atoms with Gasteiger partial charge in [-0.1, -0.05) is 13.8 Å². The fourth-order valence-corrected chi connectivity index (χ4v) is 2.17. The Morgan fingerprint density at radius 2 is 2.27 bits per heavy atom. The van der Waals surface area contributed by atoms with Crippen molar-refractivity contribution in [3.63, 3.8) is 0 Å². The molecule has 0 aliphatic carbocycles. The first kappa shape index (κ1) is 12.5. The Hall–Kier alpha value is -0.570. The molecule has 0 amide bonds. The first-order valence-electron chi connectivity index (χ1n) is 5.94. The van der Waals surface area contributed by atoms with E-state index in [0.717, 1.165) is 38.7 Å². The number of aliphatic carboxylic acids is 1. The molecule has 0 spiro atoms. The van der Waals surface area contributed by atoms with Crippen LogP contribution in [0.3, 0.4) is 0 Å². The monoisotopic (exact) mass is 214 g/mol. The summed E-state index contributed by atoms with van der Waals surface area (Å²) in [7, 11) is 0. The van der Waals surface area contributed by atoms with Crippen molar-refractivity contribution in [2.45, 2.75) is 52.1 Å². The molecule has 88 valence electrons. The third kappa shape index (κ3) is 4.65. The normalized spacial score (nSPS) is 23.3. The minimum atomic E-state index is -0.651. The Bertz CT molecular complexity index is 195. The number of ether oxygens (including phenoxy) is 1. The van der Waals surface area contributed by atoms with Gasteiger partial charge in [0.2, 0.25) is 0 Å². The zero-order chi connectivity index (χ0) is 11.3. The summed E-state index contributed by atoms with van der Waals surface area (Å²) in [6.45, 7) is 5.00. The zero-order valence-electron chi connectivity index (χ0n) is 9.74. The van der Waals surface area contributed by atoms with Gasteiger partial charge in [-0.05, 0) is 38.0 Å². The van der Waals surface area contributed by atoms with Gasteiger partial charge in [0, 0.05) is 6.61 Å². The molecule has 0 bridgehead atoms. The molecule has 0 aromatic heterocycles. The van der Waals surface area contributed by atoms with Crippen molar-refractivity contribution in [2.24, 2.45) is 11.8 Å². The van der Waals surface area contributed by atoms with Crippen molar-refractivity contribution in [1.82, 2.24) is 0 Å². The van der Waals surface area contributed by atoms with Crippen LogP contribution in [0.5, 0.6) is 0 Å². The molecule has 0 aromatic rings. The molecule has 3 heteroatoms. The predicted molar refractivity (Wildman–Crippen MR) is 58.8 cm³/mol. The minimum Gasteiger partial charge on any atom is -0.481 e. The van der Waals surface area contributed by atoms with Gasteiger partial charge < -0.3 is 9.84 Å². The van der Waals surface area contributed by atoms with E-state index in [1.54, 1.807) is 0 Å². The van der Waals surface area contributed by atoms with Crippen LogP contribution >= 0.6 is 0 Å². The molecule has 0 radical (unpaired) electrons. The molecule has 15 heavy (non-hydrogen) atoms. The van der Waals surface area contributed by atoms with Crippen LogP contribution in [0.2, 0.25) is 0 Å². The summed E-state index contributed by atoms with van der Waals surface area (Å²) in [5, 5.41) is 9.06. The Balaban J connectivity index is 2.27. The summed E-state index contributed by atoms with van der Waals surface area (Å²) in [5.74, 6) is -0.383. The van der Waals surface area contributed by atoms with Gasteiger partial charge >= 0.3 is 5.97 Å². The molecule has 1 aliphatic heterocycles. The average molecular weight is 214 g/mol. The second-order valence-corrected chi connectivity index (χ2v) is 4.88. The number of hydrogen-bond donors (Lipinski definition) is 1. The van der Waals surface area contributed by atoms with Gasteiger partial charge in [0.05, 0.1) is 12.0 Å². The molecule has 0 aromatic carbocycles. The summed E-state index contributed by atoms with van der Waals surface area (Å²) in [6.07, 6.45) is 5.00. The largest absolute Gasteiger partial charge is 0.481 e. The van der Waals surface area contributed by atoms with Gasteiger partial charge in [0.1, 0.15) is 0 Å². The van der Waals surface area contributed by atoms with Gasteiger partial charge in [-0.25, -0.2) is 0 Å². The molecule has 1 fully saturated rings. The number of carbonyl (C=O) groups is 1. The van der Waals surface area contributed by atoms with Crippen molar-refractivity contribution in [1.29, 1.82) is 0 Å². The Labute approximate surface area is 91.8 Å². The second kappa shape index (κ2) is 6.11. The van der Waals surface area contributed by atoms with E-state index < -0.39 is 5.97 Å². The zero-order valence-corrected chi connectivity index (χ0v) is 9.74. The highest BCUT2D eigenvalue weighted by molar-refractivity contribution is 5.69. The molecule has 2 atom stereocenters. The fraction of sp³-hybridized carbons (Fsp3) is 0.917. The molecular weight excluding hydrogens is 192 g/mol. The van der Waals surface area contributed by atoms with E-state index in [4.69, 9.17) is 9.84 Å². The smallest absolute Gasteiger partial charge is 0.306 e. The van der Waals surface area contributed by atoms with Crippen molar-refractivity contribution in [3.8, 4) is 0 Å². The molecule has 0 saturated carbocycles. The minimum absolute atomic E-state index is 0.186. The highest BCUT2D eigenvalue weighted by Crippen LogP contribution is 2.23. The predicted octanol–water partition coefficient (Wildman–Crippen LogP) is 2.69. The lowest BCUT2D eigenvalue weighted by atomic mass is 9.91. The average Bonchev–Trinajstić information content (AvgIpc) is 2.63. The Morgan fingerprint density at radius 1 is 1.53 bits per heavy atom. The molecular formula is C12H22O3. The van der Waals surface area contributed by atoms with Crippen LogP contribution in [-0.2, 0) is 9.53 Å². The fourth-order valence-electron chi connectivity index (χ4n) is 2.17. The maximum absolute atomic E-state index is 11.0. The van der Waals surface area contributed by atoms with Crippen LogP contribution in [0.25, 0.3) is 0 Å². The molecule has 3 nitrogen and oxygen atoms in total. The molecule has 1 N–H and O–H groups in total. The number of carboxylic acid groups (broad SMARTS) is 1. The van der Waals surface area contributed by atoms with Gasteiger partial charge in [-0.15, -0.1) is 0 Å². The lowest BCUT2D eigenvalue weighted by molar-refractivity contribution is -0.142. The van der Waals surface area contributed by atoms with E-state index in [1.807, 2.05) is 0 Å². The summed E-state index contributed by atoms with van der Waals surface area (Å²) in [5.41, 5.74) is 0. The second-order valence-electron chi connectivity index (χ2n) is 4.88. The molecule has 2 unspecified atom stereocenters. The Kier molecular flexibility index (Phi) is 5.09. The first-order valence-corrected chi connectivity index (χ1v) is 5.94. The van der Waals surface area contributed by atoms with Crippen molar-refractivity contribution in [2.75, 3.05) is 6.61 Å². The van der Waals surface area contributed by atoms with Gasteiger partial charge in [0.15, 0.2) is 0 Å². The van der Waals surface area contributed by atoms with Crippen LogP contribution < -0.4 is 0 Å². The highest BCUT2D eigenvalue weighted by Gasteiger charge is 2.22. The van der Waals surface area contributed by atoms with Gasteiger partial charge in [-0.3, -0.25) is 4.79 Å². The van der Waals surface area contributed by atoms with E-state index in [-0.39, 0.29) is 5.92 Å². The van der Waals surface area contributed by atoms with Crippen LogP contribution in [-0.4, -0.2) is 23.8 Å². The quantitative estimate of drug-likeness (QED) is 0.739. The summed E-state index contributed by atoms with van der Waals surface area (Å²) >= 11 is 0. The SMILES string of the molecule is CC(C)CC(CCC1CCCO1)C(=O)O. The third-order valence-electron chi connectivity index (χ3n) is 2.97. The maximum Gasteiger partial charge on any atom is 0.306 e. The van der Waals surface area contributed by atoms with Crippen LogP contribution in [0.15, 0.2) is 0 Å². The summed E-state index contributed by atoms with van der Waals surface area (Å²) in [6, 6.07) is 0. The topological polar surface area (TPSA) is 46.5 Å². The molecule has 1 saturated heterocycles. The molecule has 1 aliphatic rings. The standard InChI is InChI=1S/C12H22O3/c1-9(2)8-10(12(13)14)5-6-11-4-3-7-15-11/h9-11H,3-8H2,1-2H3,(H,13,14). The molecule has 1 heterocycles. The van der Waals surface area contributed by atoms with Crippen LogP contribution in [0, 0.1) is 11.8 Å². The van der Waals surface area contributed by atoms with Crippen molar-refractivity contribution in [3.05, 3.63) is 0 Å². The van der Waals surface area contributed by atoms with Crippen LogP contribution in [0.1, 0.15) is 46.0 Å². The van der Waals surface area contributed by atoms with Crippen LogP contribution in [0.4, 0.5) is 0 Å². The number of hydrogen-bond acceptors (Lipinski definition) is 2. The number of carboxylic acids is 1. The number of rotatable bonds is 6. The molecule has 1 rings (SSSR count). The van der Waals surface area contributed by atoms with E-state index in [0.29, 0.717) is 12.0 Å². The lowest BCUT2D eigenvalue weighted by Gasteiger charge is -2.16. The summed E-state index contributed by atoms with van der Waals surface area (Å²) in [4.78, 5) is 11.0. The van der Waals surface area contributed by atoms with Crippen molar-refractivity contribution < 1.29 is 14.6 Å². The van der Waals surface area contributed by atoms with Gasteiger partial charge in [-0.2, -0.15) is 0 Å². The van der Waals surface area contributed by atoms with Crippen molar-refractivity contribution >= 4 is 5.97 Å². The highest BCUT2D eigenvalue weighted by atomic mass is 16.5. The van der Waals surface area contributed by atoms with E-state index in [1.165, 1.54) is 0 Å². The third-order valence-corrected chi connectivity index (χ3v) is 2.97. The van der Waals surface area contributed by atoms with Gasteiger partial charge in [0.25, 0.3) is 0 Å². The maximum atomic E-state index is 11.0. The van der Waals surface area contributed by atoms with E-state index in [2.05, 4.69) is 13.8 Å². The first-order chi connectivity index (χ1) is 7.09. The Morgan fingerprint density at radius 3 is 2.73 bits per heavy atom. The summed E-state index contributed by atoms with van der Waals surface area (Å²) < 4.78 is 5.50.